The van der Waals surface area contributed by atoms with E-state index < -0.39 is 5.91 Å². The maximum atomic E-state index is 11.2. The standard InChI is InChI=1S/C18H13BrCl2N2O3/c1-25-16-7-11(4-12(8-22)18(23)24)5-13(19)17(16)26-9-10-2-3-14(20)15(21)6-10/h2-7H,9H2,1H3,(H2,23,24)/b12-4+. The van der Waals surface area contributed by atoms with Gasteiger partial charge in [-0.1, -0.05) is 29.3 Å². The summed E-state index contributed by atoms with van der Waals surface area (Å²) in [6.07, 6.45) is 1.37. The van der Waals surface area contributed by atoms with Crippen molar-refractivity contribution >= 4 is 51.1 Å². The average molecular weight is 456 g/mol. The highest BCUT2D eigenvalue weighted by Gasteiger charge is 2.13. The summed E-state index contributed by atoms with van der Waals surface area (Å²) in [5.41, 5.74) is 6.38. The molecule has 134 valence electrons. The number of primary amides is 1. The number of ether oxygens (including phenoxy) is 2. The molecule has 0 unspecified atom stereocenters. The topological polar surface area (TPSA) is 85.3 Å². The summed E-state index contributed by atoms with van der Waals surface area (Å²) in [4.78, 5) is 11.2. The molecule has 0 spiro atoms. The van der Waals surface area contributed by atoms with E-state index in [4.69, 9.17) is 43.7 Å². The second-order valence-electron chi connectivity index (χ2n) is 5.11. The third-order valence-corrected chi connectivity index (χ3v) is 4.64. The highest BCUT2D eigenvalue weighted by Crippen LogP contribution is 2.38. The number of halogens is 3. The van der Waals surface area contributed by atoms with Gasteiger partial charge in [-0.25, -0.2) is 0 Å². The number of nitrogens with two attached hydrogens (primary N) is 1. The van der Waals surface area contributed by atoms with Gasteiger partial charge in [0.1, 0.15) is 18.2 Å². The van der Waals surface area contributed by atoms with Crippen LogP contribution < -0.4 is 15.2 Å². The monoisotopic (exact) mass is 454 g/mol. The van der Waals surface area contributed by atoms with Gasteiger partial charge in [-0.05, 0) is 57.4 Å². The Kier molecular flexibility index (Phi) is 6.92. The first-order chi connectivity index (χ1) is 12.3. The van der Waals surface area contributed by atoms with Crippen molar-refractivity contribution in [1.82, 2.24) is 0 Å². The molecule has 0 atom stereocenters. The Bertz CT molecular complexity index is 923. The smallest absolute Gasteiger partial charge is 0.259 e. The first-order valence-electron chi connectivity index (χ1n) is 7.21. The molecular weight excluding hydrogens is 443 g/mol. The van der Waals surface area contributed by atoms with Gasteiger partial charge in [0, 0.05) is 0 Å². The van der Waals surface area contributed by atoms with Crippen molar-refractivity contribution < 1.29 is 14.3 Å². The van der Waals surface area contributed by atoms with Crippen LogP contribution in [0.5, 0.6) is 11.5 Å². The van der Waals surface area contributed by atoms with E-state index in [1.165, 1.54) is 13.2 Å². The Morgan fingerprint density at radius 1 is 1.31 bits per heavy atom. The van der Waals surface area contributed by atoms with Crippen LogP contribution in [-0.2, 0) is 11.4 Å². The Morgan fingerprint density at radius 2 is 2.04 bits per heavy atom. The molecule has 8 heteroatoms. The fourth-order valence-corrected chi connectivity index (χ4v) is 2.97. The number of amides is 1. The number of nitrogens with zero attached hydrogens (tertiary/aromatic N) is 1. The number of nitriles is 1. The van der Waals surface area contributed by atoms with E-state index >= 15 is 0 Å². The third-order valence-electron chi connectivity index (χ3n) is 3.32. The van der Waals surface area contributed by atoms with Crippen LogP contribution in [0.4, 0.5) is 0 Å². The highest BCUT2D eigenvalue weighted by atomic mass is 79.9. The molecule has 2 aromatic rings. The molecule has 0 saturated carbocycles. The molecule has 0 aliphatic carbocycles. The number of rotatable bonds is 6. The van der Waals surface area contributed by atoms with Crippen LogP contribution in [0.3, 0.4) is 0 Å². The van der Waals surface area contributed by atoms with Crippen LogP contribution >= 0.6 is 39.1 Å². The first-order valence-corrected chi connectivity index (χ1v) is 8.76. The van der Waals surface area contributed by atoms with Gasteiger partial charge >= 0.3 is 0 Å². The van der Waals surface area contributed by atoms with Crippen molar-refractivity contribution in [2.24, 2.45) is 5.73 Å². The number of carbonyl (C=O) groups excluding carboxylic acids is 1. The Morgan fingerprint density at radius 3 is 2.62 bits per heavy atom. The van der Waals surface area contributed by atoms with Gasteiger partial charge in [0.25, 0.3) is 5.91 Å². The maximum absolute atomic E-state index is 11.2. The molecule has 2 N–H and O–H groups in total. The number of benzene rings is 2. The SMILES string of the molecule is COc1cc(/C=C(\C#N)C(N)=O)cc(Br)c1OCc1ccc(Cl)c(Cl)c1. The zero-order valence-corrected chi connectivity index (χ0v) is 16.7. The van der Waals surface area contributed by atoms with Crippen molar-refractivity contribution in [3.8, 4) is 17.6 Å². The molecule has 0 saturated heterocycles. The number of methoxy groups -OCH3 is 1. The summed E-state index contributed by atoms with van der Waals surface area (Å²) in [6.45, 7) is 0.242. The van der Waals surface area contributed by atoms with Gasteiger partial charge in [0.2, 0.25) is 0 Å². The zero-order valence-electron chi connectivity index (χ0n) is 13.6. The lowest BCUT2D eigenvalue weighted by atomic mass is 10.1. The van der Waals surface area contributed by atoms with Crippen LogP contribution in [0.1, 0.15) is 11.1 Å². The van der Waals surface area contributed by atoms with Gasteiger partial charge in [-0.3, -0.25) is 4.79 Å². The number of hydrogen-bond acceptors (Lipinski definition) is 4. The van der Waals surface area contributed by atoms with E-state index in [0.29, 0.717) is 31.6 Å². The van der Waals surface area contributed by atoms with Gasteiger partial charge in [-0.15, -0.1) is 0 Å². The van der Waals surface area contributed by atoms with Crippen molar-refractivity contribution in [3.63, 3.8) is 0 Å². The van der Waals surface area contributed by atoms with E-state index in [-0.39, 0.29) is 12.2 Å². The lowest BCUT2D eigenvalue weighted by Crippen LogP contribution is -2.12. The average Bonchev–Trinajstić information content (AvgIpc) is 2.60. The molecule has 0 aliphatic heterocycles. The summed E-state index contributed by atoms with van der Waals surface area (Å²) in [5, 5.41) is 9.86. The molecule has 2 aromatic carbocycles. The molecule has 0 bridgehead atoms. The number of hydrogen-bond donors (Lipinski definition) is 1. The highest BCUT2D eigenvalue weighted by molar-refractivity contribution is 9.10. The van der Waals surface area contributed by atoms with Crippen molar-refractivity contribution in [2.45, 2.75) is 6.61 Å². The van der Waals surface area contributed by atoms with Crippen molar-refractivity contribution in [1.29, 1.82) is 5.26 Å². The van der Waals surface area contributed by atoms with Crippen molar-refractivity contribution in [3.05, 3.63) is 61.5 Å². The molecule has 1 amide bonds. The third kappa shape index (κ3) is 4.92. The fourth-order valence-electron chi connectivity index (χ4n) is 2.07. The van der Waals surface area contributed by atoms with Gasteiger partial charge in [0.05, 0.1) is 21.6 Å². The quantitative estimate of drug-likeness (QED) is 0.503. The number of carbonyl (C=O) groups is 1. The second-order valence-corrected chi connectivity index (χ2v) is 6.77. The minimum absolute atomic E-state index is 0.163. The lowest BCUT2D eigenvalue weighted by Gasteiger charge is -2.14. The summed E-state index contributed by atoms with van der Waals surface area (Å²) < 4.78 is 11.8. The maximum Gasteiger partial charge on any atom is 0.259 e. The largest absolute Gasteiger partial charge is 0.493 e. The summed E-state index contributed by atoms with van der Waals surface area (Å²) >= 11 is 15.3. The molecule has 26 heavy (non-hydrogen) atoms. The van der Waals surface area contributed by atoms with E-state index in [0.717, 1.165) is 5.56 Å². The van der Waals surface area contributed by atoms with E-state index in [9.17, 15) is 4.79 Å². The Balaban J connectivity index is 2.30. The predicted molar refractivity (Wildman–Crippen MR) is 104 cm³/mol. The molecular formula is C18H13BrCl2N2O3. The Labute approximate surface area is 169 Å². The van der Waals surface area contributed by atoms with Gasteiger partial charge in [-0.2, -0.15) is 5.26 Å². The molecule has 2 rings (SSSR count). The van der Waals surface area contributed by atoms with E-state index in [1.54, 1.807) is 36.4 Å². The van der Waals surface area contributed by atoms with Crippen LogP contribution in [0.15, 0.2) is 40.4 Å². The molecule has 0 aliphatic rings. The second kappa shape index (κ2) is 8.95. The van der Waals surface area contributed by atoms with Crippen LogP contribution in [-0.4, -0.2) is 13.0 Å². The summed E-state index contributed by atoms with van der Waals surface area (Å²) in [6, 6.07) is 10.3. The van der Waals surface area contributed by atoms with Gasteiger partial charge < -0.3 is 15.2 Å². The minimum atomic E-state index is -0.803. The Hall–Kier alpha value is -2.20. The van der Waals surface area contributed by atoms with E-state index in [1.807, 2.05) is 0 Å². The molecule has 0 fully saturated rings. The minimum Gasteiger partial charge on any atom is -0.493 e. The van der Waals surface area contributed by atoms with Crippen LogP contribution in [0.25, 0.3) is 6.08 Å². The first kappa shape index (κ1) is 20.1. The van der Waals surface area contributed by atoms with Crippen LogP contribution in [0, 0.1) is 11.3 Å². The normalized spacial score (nSPS) is 11.0. The van der Waals surface area contributed by atoms with Crippen molar-refractivity contribution in [2.75, 3.05) is 7.11 Å². The molecule has 5 nitrogen and oxygen atoms in total. The lowest BCUT2D eigenvalue weighted by molar-refractivity contribution is -0.114. The fraction of sp³-hybridized carbons (Fsp3) is 0.111. The zero-order chi connectivity index (χ0) is 19.3. The van der Waals surface area contributed by atoms with Gasteiger partial charge in [0.15, 0.2) is 11.5 Å². The van der Waals surface area contributed by atoms with Crippen LogP contribution in [0.2, 0.25) is 10.0 Å². The van der Waals surface area contributed by atoms with E-state index in [2.05, 4.69) is 15.9 Å². The molecule has 0 radical (unpaired) electrons. The summed E-state index contributed by atoms with van der Waals surface area (Å²) in [7, 11) is 1.49. The molecule has 0 aromatic heterocycles. The molecule has 0 heterocycles. The predicted octanol–water partition coefficient (Wildman–Crippen LogP) is 4.74. The summed E-state index contributed by atoms with van der Waals surface area (Å²) in [5.74, 6) is 0.0864.